The highest BCUT2D eigenvalue weighted by atomic mass is 35.5. The monoisotopic (exact) mass is 322 g/mol. The molecule has 1 aromatic carbocycles. The molecule has 0 heterocycles. The number of carbonyl (C=O) groups excluding carboxylic acids is 1. The van der Waals surface area contributed by atoms with Crippen molar-refractivity contribution in [1.29, 1.82) is 0 Å². The van der Waals surface area contributed by atoms with Gasteiger partial charge in [-0.15, -0.1) is 12.4 Å². The van der Waals surface area contributed by atoms with Gasteiger partial charge in [0, 0.05) is 17.6 Å². The van der Waals surface area contributed by atoms with Gasteiger partial charge in [0.05, 0.1) is 0 Å². The van der Waals surface area contributed by atoms with E-state index in [1.807, 2.05) is 12.1 Å². The van der Waals surface area contributed by atoms with E-state index < -0.39 is 0 Å². The summed E-state index contributed by atoms with van der Waals surface area (Å²) in [6.45, 7) is 4.12. The van der Waals surface area contributed by atoms with Crippen molar-refractivity contribution in [2.24, 2.45) is 23.5 Å². The van der Waals surface area contributed by atoms with Crippen LogP contribution in [0.3, 0.4) is 0 Å². The summed E-state index contributed by atoms with van der Waals surface area (Å²) >= 11 is 0. The molecule has 2 atom stereocenters. The third kappa shape index (κ3) is 3.64. The van der Waals surface area contributed by atoms with Crippen LogP contribution < -0.4 is 11.1 Å². The molecule has 3 N–H and O–H groups in total. The van der Waals surface area contributed by atoms with Crippen molar-refractivity contribution >= 4 is 24.0 Å². The van der Waals surface area contributed by atoms with Crippen LogP contribution >= 0.6 is 12.4 Å². The molecule has 22 heavy (non-hydrogen) atoms. The lowest BCUT2D eigenvalue weighted by Gasteiger charge is -2.43. The summed E-state index contributed by atoms with van der Waals surface area (Å²) in [5.74, 6) is 1.42. The van der Waals surface area contributed by atoms with Crippen molar-refractivity contribution in [1.82, 2.24) is 0 Å². The second-order valence-electron chi connectivity index (χ2n) is 7.06. The first-order valence-corrected chi connectivity index (χ1v) is 8.17. The summed E-state index contributed by atoms with van der Waals surface area (Å²) < 4.78 is 0. The fourth-order valence-corrected chi connectivity index (χ4v) is 4.29. The molecule has 0 aromatic heterocycles. The Morgan fingerprint density at radius 1 is 1.09 bits per heavy atom. The van der Waals surface area contributed by atoms with Gasteiger partial charge in [0.1, 0.15) is 0 Å². The number of anilines is 1. The van der Waals surface area contributed by atoms with Gasteiger partial charge < -0.3 is 11.1 Å². The normalized spacial score (nSPS) is 30.3. The Hall–Kier alpha value is -1.06. The van der Waals surface area contributed by atoms with Crippen LogP contribution in [0.1, 0.15) is 43.2 Å². The molecule has 3 rings (SSSR count). The smallest absolute Gasteiger partial charge is 0.227 e. The molecule has 1 aromatic rings. The van der Waals surface area contributed by atoms with Gasteiger partial charge in [-0.2, -0.15) is 0 Å². The van der Waals surface area contributed by atoms with Gasteiger partial charge in [0.15, 0.2) is 0 Å². The maximum atomic E-state index is 12.6. The predicted octanol–water partition coefficient (Wildman–Crippen LogP) is 3.82. The Morgan fingerprint density at radius 3 is 2.18 bits per heavy atom. The van der Waals surface area contributed by atoms with Crippen LogP contribution in [0, 0.1) is 31.6 Å². The number of fused-ring (bicyclic) bond motifs is 2. The fourth-order valence-electron chi connectivity index (χ4n) is 4.29. The number of hydrogen-bond acceptors (Lipinski definition) is 2. The molecular weight excluding hydrogens is 296 g/mol. The average molecular weight is 323 g/mol. The third-order valence-corrected chi connectivity index (χ3v) is 5.27. The second kappa shape index (κ2) is 7.01. The molecule has 2 aliphatic carbocycles. The van der Waals surface area contributed by atoms with Crippen molar-refractivity contribution < 1.29 is 4.79 Å². The van der Waals surface area contributed by atoms with Crippen LogP contribution in [0.2, 0.25) is 0 Å². The van der Waals surface area contributed by atoms with E-state index in [9.17, 15) is 4.79 Å². The largest absolute Gasteiger partial charge is 0.327 e. The number of halogens is 1. The molecule has 2 unspecified atom stereocenters. The van der Waals surface area contributed by atoms with Crippen LogP contribution in [0.15, 0.2) is 18.2 Å². The molecule has 0 aliphatic heterocycles. The molecule has 0 radical (unpaired) electrons. The molecule has 4 heteroatoms. The summed E-state index contributed by atoms with van der Waals surface area (Å²) in [5.41, 5.74) is 9.61. The van der Waals surface area contributed by atoms with Crippen molar-refractivity contribution in [3.63, 3.8) is 0 Å². The van der Waals surface area contributed by atoms with Crippen LogP contribution in [0.5, 0.6) is 0 Å². The SMILES string of the molecule is Cc1cc(C)cc(NC(=O)C2CC3CCCC(C2)C3N)c1.Cl. The standard InChI is InChI=1S/C18H26N2O.ClH/c1-11-6-12(2)8-16(7-11)20-18(21)15-9-13-4-3-5-14(10-15)17(13)19;/h6-8,13-15,17H,3-5,9-10,19H2,1-2H3,(H,20,21);1H. The van der Waals surface area contributed by atoms with Crippen LogP contribution in [-0.4, -0.2) is 11.9 Å². The zero-order valence-electron chi connectivity index (χ0n) is 13.5. The number of carbonyl (C=O) groups is 1. The topological polar surface area (TPSA) is 55.1 Å². The number of rotatable bonds is 2. The molecule has 1 amide bonds. The van der Waals surface area contributed by atoms with Crippen molar-refractivity contribution in [2.75, 3.05) is 5.32 Å². The van der Waals surface area contributed by atoms with Crippen molar-refractivity contribution in [2.45, 2.75) is 52.0 Å². The minimum Gasteiger partial charge on any atom is -0.327 e. The van der Waals surface area contributed by atoms with E-state index >= 15 is 0 Å². The number of nitrogens with two attached hydrogens (primary N) is 1. The zero-order chi connectivity index (χ0) is 15.0. The molecule has 2 bridgehead atoms. The fraction of sp³-hybridized carbons (Fsp3) is 0.611. The van der Waals surface area contributed by atoms with Crippen molar-refractivity contribution in [3.8, 4) is 0 Å². The first-order valence-electron chi connectivity index (χ1n) is 8.17. The van der Waals surface area contributed by atoms with E-state index in [-0.39, 0.29) is 24.2 Å². The third-order valence-electron chi connectivity index (χ3n) is 5.27. The van der Waals surface area contributed by atoms with Gasteiger partial charge in [0.25, 0.3) is 0 Å². The van der Waals surface area contributed by atoms with E-state index in [1.54, 1.807) is 0 Å². The van der Waals surface area contributed by atoms with Gasteiger partial charge in [-0.3, -0.25) is 4.79 Å². The number of nitrogens with one attached hydrogen (secondary N) is 1. The second-order valence-corrected chi connectivity index (χ2v) is 7.06. The van der Waals surface area contributed by atoms with Crippen LogP contribution in [0.25, 0.3) is 0 Å². The van der Waals surface area contributed by atoms with E-state index in [2.05, 4.69) is 25.2 Å². The van der Waals surface area contributed by atoms with E-state index in [1.165, 1.54) is 30.4 Å². The molecule has 2 fully saturated rings. The number of amides is 1. The molecule has 0 spiro atoms. The Bertz CT molecular complexity index is 512. The highest BCUT2D eigenvalue weighted by Gasteiger charge is 2.40. The van der Waals surface area contributed by atoms with E-state index in [0.717, 1.165) is 18.5 Å². The summed E-state index contributed by atoms with van der Waals surface area (Å²) in [4.78, 5) is 12.6. The minimum absolute atomic E-state index is 0. The van der Waals surface area contributed by atoms with Gasteiger partial charge in [-0.1, -0.05) is 12.5 Å². The van der Waals surface area contributed by atoms with Gasteiger partial charge in [-0.05, 0) is 74.6 Å². The maximum absolute atomic E-state index is 12.6. The molecule has 2 aliphatic rings. The Kier molecular flexibility index (Phi) is 5.51. The van der Waals surface area contributed by atoms with Gasteiger partial charge >= 0.3 is 0 Å². The predicted molar refractivity (Wildman–Crippen MR) is 93.3 cm³/mol. The molecule has 2 saturated carbocycles. The highest BCUT2D eigenvalue weighted by Crippen LogP contribution is 2.42. The zero-order valence-corrected chi connectivity index (χ0v) is 14.3. The molecular formula is C18H27ClN2O. The maximum Gasteiger partial charge on any atom is 0.227 e. The highest BCUT2D eigenvalue weighted by molar-refractivity contribution is 5.92. The van der Waals surface area contributed by atoms with Gasteiger partial charge in [0.2, 0.25) is 5.91 Å². The lowest BCUT2D eigenvalue weighted by molar-refractivity contribution is -0.122. The van der Waals surface area contributed by atoms with Crippen LogP contribution in [0.4, 0.5) is 5.69 Å². The quantitative estimate of drug-likeness (QED) is 0.869. The Balaban J connectivity index is 0.00000176. The van der Waals surface area contributed by atoms with E-state index in [0.29, 0.717) is 17.9 Å². The first-order chi connectivity index (χ1) is 10.0. The number of aryl methyl sites for hydroxylation is 2. The molecule has 122 valence electrons. The lowest BCUT2D eigenvalue weighted by atomic mass is 9.65. The van der Waals surface area contributed by atoms with E-state index in [4.69, 9.17) is 5.73 Å². The average Bonchev–Trinajstić information content (AvgIpc) is 2.36. The number of hydrogen-bond donors (Lipinski definition) is 2. The molecule has 0 saturated heterocycles. The summed E-state index contributed by atoms with van der Waals surface area (Å²) in [5, 5.41) is 3.12. The van der Waals surface area contributed by atoms with Gasteiger partial charge in [-0.25, -0.2) is 0 Å². The Morgan fingerprint density at radius 2 is 1.64 bits per heavy atom. The summed E-state index contributed by atoms with van der Waals surface area (Å²) in [7, 11) is 0. The minimum atomic E-state index is 0. The van der Waals surface area contributed by atoms with Crippen LogP contribution in [-0.2, 0) is 4.79 Å². The first kappa shape index (κ1) is 17.3. The Labute approximate surface area is 139 Å². The number of benzene rings is 1. The van der Waals surface area contributed by atoms with Crippen molar-refractivity contribution in [3.05, 3.63) is 29.3 Å². The lowest BCUT2D eigenvalue weighted by Crippen LogP contribution is -2.48. The summed E-state index contributed by atoms with van der Waals surface area (Å²) in [6.07, 6.45) is 5.62. The molecule has 3 nitrogen and oxygen atoms in total. The summed E-state index contributed by atoms with van der Waals surface area (Å²) in [6, 6.07) is 6.53.